The van der Waals surface area contributed by atoms with E-state index in [1.807, 2.05) is 0 Å². The molecular weight excluding hydrogens is 208 g/mol. The van der Waals surface area contributed by atoms with Crippen molar-refractivity contribution in [3.05, 3.63) is 34.2 Å². The van der Waals surface area contributed by atoms with Crippen LogP contribution in [0.15, 0.2) is 23.1 Å². The third-order valence-electron chi connectivity index (χ3n) is 2.71. The van der Waals surface area contributed by atoms with E-state index in [4.69, 9.17) is 0 Å². The summed E-state index contributed by atoms with van der Waals surface area (Å²) in [7, 11) is 0. The van der Waals surface area contributed by atoms with Crippen LogP contribution in [0.3, 0.4) is 0 Å². The van der Waals surface area contributed by atoms with E-state index in [1.54, 1.807) is 11.0 Å². The number of carbonyl (C=O) groups excluding carboxylic acids is 1. The van der Waals surface area contributed by atoms with Gasteiger partial charge in [0.1, 0.15) is 0 Å². The SMILES string of the molecule is O=C(c1cc[nH]c(=O)c1)N1CCC[C@H](O)C1. The number of carbonyl (C=O) groups is 1. The molecule has 86 valence electrons. The number of H-pyrrole nitrogens is 1. The molecule has 0 aromatic carbocycles. The number of aromatic nitrogens is 1. The van der Waals surface area contributed by atoms with Gasteiger partial charge in [-0.2, -0.15) is 0 Å². The highest BCUT2D eigenvalue weighted by atomic mass is 16.3. The number of aliphatic hydroxyl groups excluding tert-OH is 1. The quantitative estimate of drug-likeness (QED) is 0.701. The molecule has 1 atom stereocenters. The first-order valence-corrected chi connectivity index (χ1v) is 5.33. The summed E-state index contributed by atoms with van der Waals surface area (Å²) in [6.07, 6.45) is 2.55. The van der Waals surface area contributed by atoms with Crippen molar-refractivity contribution in [2.24, 2.45) is 0 Å². The van der Waals surface area contributed by atoms with Gasteiger partial charge >= 0.3 is 0 Å². The number of aliphatic hydroxyl groups is 1. The van der Waals surface area contributed by atoms with Gasteiger partial charge in [-0.3, -0.25) is 9.59 Å². The molecule has 0 radical (unpaired) electrons. The lowest BCUT2D eigenvalue weighted by Gasteiger charge is -2.30. The summed E-state index contributed by atoms with van der Waals surface area (Å²) in [5.41, 5.74) is 0.0845. The molecule has 2 N–H and O–H groups in total. The van der Waals surface area contributed by atoms with E-state index >= 15 is 0 Å². The summed E-state index contributed by atoms with van der Waals surface area (Å²) in [4.78, 5) is 27.1. The van der Waals surface area contributed by atoms with Crippen LogP contribution in [-0.4, -0.2) is 40.1 Å². The molecular formula is C11H14N2O3. The van der Waals surface area contributed by atoms with E-state index in [0.717, 1.165) is 12.8 Å². The van der Waals surface area contributed by atoms with E-state index in [2.05, 4.69) is 4.98 Å². The number of nitrogens with zero attached hydrogens (tertiary/aromatic N) is 1. The third-order valence-corrected chi connectivity index (χ3v) is 2.71. The topological polar surface area (TPSA) is 73.4 Å². The highest BCUT2D eigenvalue weighted by Crippen LogP contribution is 2.12. The summed E-state index contributed by atoms with van der Waals surface area (Å²) >= 11 is 0. The summed E-state index contributed by atoms with van der Waals surface area (Å²) in [6.45, 7) is 0.994. The second-order valence-electron chi connectivity index (χ2n) is 3.99. The maximum absolute atomic E-state index is 12.0. The van der Waals surface area contributed by atoms with Crippen molar-refractivity contribution in [2.75, 3.05) is 13.1 Å². The lowest BCUT2D eigenvalue weighted by Crippen LogP contribution is -2.42. The molecule has 1 aromatic rings. The van der Waals surface area contributed by atoms with E-state index in [1.165, 1.54) is 12.3 Å². The highest BCUT2D eigenvalue weighted by Gasteiger charge is 2.22. The zero-order valence-corrected chi connectivity index (χ0v) is 8.85. The molecule has 1 aromatic heterocycles. The molecule has 0 unspecified atom stereocenters. The molecule has 1 saturated heterocycles. The van der Waals surface area contributed by atoms with Gasteiger partial charge in [0.15, 0.2) is 0 Å². The van der Waals surface area contributed by atoms with Gasteiger partial charge in [-0.15, -0.1) is 0 Å². The summed E-state index contributed by atoms with van der Waals surface area (Å²) in [5, 5.41) is 9.47. The Kier molecular flexibility index (Phi) is 3.05. The van der Waals surface area contributed by atoms with Crippen molar-refractivity contribution >= 4 is 5.91 Å². The molecule has 0 saturated carbocycles. The largest absolute Gasteiger partial charge is 0.391 e. The third kappa shape index (κ3) is 2.30. The molecule has 0 spiro atoms. The van der Waals surface area contributed by atoms with Gasteiger partial charge < -0.3 is 15.0 Å². The maximum atomic E-state index is 12.0. The Balaban J connectivity index is 2.15. The van der Waals surface area contributed by atoms with Crippen LogP contribution in [-0.2, 0) is 0 Å². The molecule has 1 aliphatic heterocycles. The average molecular weight is 222 g/mol. The molecule has 1 aliphatic rings. The normalized spacial score (nSPS) is 20.8. The van der Waals surface area contributed by atoms with E-state index in [0.29, 0.717) is 18.7 Å². The van der Waals surface area contributed by atoms with Crippen LogP contribution in [0.25, 0.3) is 0 Å². The second-order valence-corrected chi connectivity index (χ2v) is 3.99. The first-order chi connectivity index (χ1) is 7.66. The smallest absolute Gasteiger partial charge is 0.254 e. The van der Waals surface area contributed by atoms with Crippen LogP contribution >= 0.6 is 0 Å². The number of piperidine rings is 1. The second kappa shape index (κ2) is 4.49. The fourth-order valence-corrected chi connectivity index (χ4v) is 1.90. The Morgan fingerprint density at radius 2 is 2.38 bits per heavy atom. The number of pyridine rings is 1. The van der Waals surface area contributed by atoms with E-state index in [-0.39, 0.29) is 11.5 Å². The van der Waals surface area contributed by atoms with Crippen LogP contribution in [0.1, 0.15) is 23.2 Å². The molecule has 2 rings (SSSR count). The van der Waals surface area contributed by atoms with Crippen LogP contribution in [0.2, 0.25) is 0 Å². The molecule has 2 heterocycles. The Morgan fingerprint density at radius 1 is 1.56 bits per heavy atom. The number of nitrogens with one attached hydrogen (secondary N) is 1. The first kappa shape index (κ1) is 10.9. The number of rotatable bonds is 1. The number of hydrogen-bond acceptors (Lipinski definition) is 3. The number of aromatic amines is 1. The minimum Gasteiger partial charge on any atom is -0.391 e. The summed E-state index contributed by atoms with van der Waals surface area (Å²) < 4.78 is 0. The van der Waals surface area contributed by atoms with Crippen LogP contribution < -0.4 is 5.56 Å². The van der Waals surface area contributed by atoms with Crippen molar-refractivity contribution in [2.45, 2.75) is 18.9 Å². The van der Waals surface area contributed by atoms with Gasteiger partial charge in [0.2, 0.25) is 5.56 Å². The number of likely N-dealkylation sites (tertiary alicyclic amines) is 1. The van der Waals surface area contributed by atoms with E-state index in [9.17, 15) is 14.7 Å². The molecule has 0 bridgehead atoms. The standard InChI is InChI=1S/C11H14N2O3/c14-9-2-1-5-13(7-9)11(16)8-3-4-12-10(15)6-8/h3-4,6,9,14H,1-2,5,7H2,(H,12,15)/t9-/m0/s1. The van der Waals surface area contributed by atoms with Gasteiger partial charge in [0.05, 0.1) is 6.10 Å². The van der Waals surface area contributed by atoms with Crippen molar-refractivity contribution in [1.82, 2.24) is 9.88 Å². The molecule has 16 heavy (non-hydrogen) atoms. The molecule has 1 fully saturated rings. The minimum atomic E-state index is -0.445. The van der Waals surface area contributed by atoms with Crippen molar-refractivity contribution in [3.63, 3.8) is 0 Å². The fourth-order valence-electron chi connectivity index (χ4n) is 1.90. The number of β-amino-alcohol motifs (C(OH)–C–C–N with tert-alkyl or cyclic N) is 1. The van der Waals surface area contributed by atoms with Gasteiger partial charge in [-0.05, 0) is 18.9 Å². The lowest BCUT2D eigenvalue weighted by molar-refractivity contribution is 0.0473. The zero-order valence-electron chi connectivity index (χ0n) is 8.85. The average Bonchev–Trinajstić information content (AvgIpc) is 2.28. The molecule has 5 heteroatoms. The molecule has 0 aliphatic carbocycles. The monoisotopic (exact) mass is 222 g/mol. The Labute approximate surface area is 92.7 Å². The summed E-state index contributed by atoms with van der Waals surface area (Å²) in [6, 6.07) is 2.86. The van der Waals surface area contributed by atoms with E-state index < -0.39 is 6.10 Å². The van der Waals surface area contributed by atoms with Crippen LogP contribution in [0.5, 0.6) is 0 Å². The van der Waals surface area contributed by atoms with Crippen LogP contribution in [0.4, 0.5) is 0 Å². The minimum absolute atomic E-state index is 0.190. The first-order valence-electron chi connectivity index (χ1n) is 5.33. The van der Waals surface area contributed by atoms with Crippen molar-refractivity contribution < 1.29 is 9.90 Å². The Hall–Kier alpha value is -1.62. The van der Waals surface area contributed by atoms with Gasteiger partial charge in [0, 0.05) is 30.9 Å². The van der Waals surface area contributed by atoms with Gasteiger partial charge in [0.25, 0.3) is 5.91 Å². The van der Waals surface area contributed by atoms with Crippen LogP contribution in [0, 0.1) is 0 Å². The molecule has 1 amide bonds. The molecule has 5 nitrogen and oxygen atoms in total. The van der Waals surface area contributed by atoms with Gasteiger partial charge in [-0.1, -0.05) is 0 Å². The van der Waals surface area contributed by atoms with Gasteiger partial charge in [-0.25, -0.2) is 0 Å². The zero-order chi connectivity index (χ0) is 11.5. The lowest BCUT2D eigenvalue weighted by atomic mass is 10.1. The summed E-state index contributed by atoms with van der Waals surface area (Å²) in [5.74, 6) is -0.190. The number of amides is 1. The Morgan fingerprint density at radius 3 is 3.06 bits per heavy atom. The number of hydrogen-bond donors (Lipinski definition) is 2. The Bertz CT molecular complexity index is 441. The predicted molar refractivity (Wildman–Crippen MR) is 58.2 cm³/mol. The van der Waals surface area contributed by atoms with Crippen molar-refractivity contribution in [1.29, 1.82) is 0 Å². The highest BCUT2D eigenvalue weighted by molar-refractivity contribution is 5.94. The fraction of sp³-hybridized carbons (Fsp3) is 0.455. The van der Waals surface area contributed by atoms with Crippen molar-refractivity contribution in [3.8, 4) is 0 Å². The maximum Gasteiger partial charge on any atom is 0.254 e. The predicted octanol–water partition coefficient (Wildman–Crippen LogP) is -0.0282.